The minimum atomic E-state index is -0.839. The topological polar surface area (TPSA) is 76.0 Å². The van der Waals surface area contributed by atoms with E-state index in [1.807, 2.05) is 37.7 Å². The highest BCUT2D eigenvalue weighted by atomic mass is 35.5. The van der Waals surface area contributed by atoms with Crippen molar-refractivity contribution in [3.63, 3.8) is 0 Å². The standard InChI is InChI=1S/C28H31ClF2N6O2.CH4/c1-6-22(39)36-11-16(3)37(12-15(36)2)27-18-10-19(29)23(24-20(30)8-7-9-21(24)38)25(31)26(18)32-28(33-27)35-13-17(14-35)34(4)5;/h6-10,15-17,38H,1,11-14H2,2-5H3;1H4/t15-,16-;/m1./s1. The highest BCUT2D eigenvalue weighted by molar-refractivity contribution is 6.34. The fraction of sp³-hybridized carbons (Fsp3) is 0.414. The number of carbonyl (C=O) groups is 1. The van der Waals surface area contributed by atoms with E-state index in [2.05, 4.69) is 16.5 Å². The lowest BCUT2D eigenvalue weighted by Gasteiger charge is -2.45. The SMILES string of the molecule is C.C=CC(=O)N1C[C@@H](C)N(c2nc(N3CC(N(C)C)C3)nc3c(F)c(-c4c(O)cccc4F)c(Cl)cc23)C[C@H]1C. The molecule has 0 radical (unpaired) electrons. The Kier molecular flexibility index (Phi) is 8.23. The number of aromatic hydroxyl groups is 1. The number of rotatable bonds is 5. The Bertz CT molecular complexity index is 1440. The van der Waals surface area contributed by atoms with E-state index < -0.39 is 17.4 Å². The molecule has 40 heavy (non-hydrogen) atoms. The Morgan fingerprint density at radius 2 is 1.82 bits per heavy atom. The van der Waals surface area contributed by atoms with Gasteiger partial charge < -0.3 is 24.7 Å². The summed E-state index contributed by atoms with van der Waals surface area (Å²) < 4.78 is 31.1. The number of aromatic nitrogens is 2. The third kappa shape index (κ3) is 4.94. The maximum absolute atomic E-state index is 16.3. The number of amides is 1. The molecule has 0 spiro atoms. The van der Waals surface area contributed by atoms with Crippen LogP contribution in [0.15, 0.2) is 36.9 Å². The molecular weight excluding hydrogens is 538 g/mol. The quantitative estimate of drug-likeness (QED) is 0.434. The molecule has 3 heterocycles. The molecule has 2 aliphatic heterocycles. The molecular formula is C29H35ClF2N6O2. The lowest BCUT2D eigenvalue weighted by atomic mass is 10.00. The van der Waals surface area contributed by atoms with Crippen LogP contribution in [0.2, 0.25) is 5.02 Å². The largest absolute Gasteiger partial charge is 0.507 e. The molecule has 214 valence electrons. The first-order valence-corrected chi connectivity index (χ1v) is 13.2. The summed E-state index contributed by atoms with van der Waals surface area (Å²) in [5.41, 5.74) is -0.596. The van der Waals surface area contributed by atoms with Crippen LogP contribution in [0.4, 0.5) is 20.5 Å². The van der Waals surface area contributed by atoms with Crippen LogP contribution in [-0.2, 0) is 4.79 Å². The molecule has 0 unspecified atom stereocenters. The van der Waals surface area contributed by atoms with Gasteiger partial charge >= 0.3 is 0 Å². The Morgan fingerprint density at radius 3 is 2.45 bits per heavy atom. The number of likely N-dealkylation sites (N-methyl/N-ethyl adjacent to an activating group) is 1. The lowest BCUT2D eigenvalue weighted by Crippen LogP contribution is -2.59. The fourth-order valence-electron chi connectivity index (χ4n) is 5.31. The van der Waals surface area contributed by atoms with Crippen molar-refractivity contribution < 1.29 is 18.7 Å². The number of phenols is 1. The molecule has 1 aromatic heterocycles. The number of halogens is 3. The van der Waals surface area contributed by atoms with E-state index in [-0.39, 0.29) is 47.1 Å². The first-order chi connectivity index (χ1) is 18.5. The number of fused-ring (bicyclic) bond motifs is 1. The van der Waals surface area contributed by atoms with Crippen molar-refractivity contribution in [3.05, 3.63) is 53.6 Å². The summed E-state index contributed by atoms with van der Waals surface area (Å²) in [5.74, 6) is -1.38. The van der Waals surface area contributed by atoms with Gasteiger partial charge in [0, 0.05) is 55.3 Å². The van der Waals surface area contributed by atoms with Crippen LogP contribution in [0.3, 0.4) is 0 Å². The van der Waals surface area contributed by atoms with Crippen LogP contribution < -0.4 is 9.80 Å². The van der Waals surface area contributed by atoms with E-state index in [0.29, 0.717) is 49.4 Å². The van der Waals surface area contributed by atoms with Gasteiger partial charge in [-0.1, -0.05) is 31.7 Å². The summed E-state index contributed by atoms with van der Waals surface area (Å²) in [6, 6.07) is 5.28. The molecule has 2 atom stereocenters. The van der Waals surface area contributed by atoms with Crippen molar-refractivity contribution in [2.45, 2.75) is 39.4 Å². The zero-order valence-electron chi connectivity index (χ0n) is 22.3. The first-order valence-electron chi connectivity index (χ1n) is 12.8. The molecule has 2 aliphatic rings. The average Bonchev–Trinajstić information content (AvgIpc) is 2.85. The van der Waals surface area contributed by atoms with Crippen molar-refractivity contribution in [2.75, 3.05) is 50.1 Å². The van der Waals surface area contributed by atoms with Gasteiger partial charge in [0.05, 0.1) is 10.6 Å². The molecule has 3 aromatic rings. The van der Waals surface area contributed by atoms with Crippen molar-refractivity contribution >= 4 is 40.2 Å². The summed E-state index contributed by atoms with van der Waals surface area (Å²) in [6.45, 7) is 9.73. The van der Waals surface area contributed by atoms with Crippen LogP contribution in [0.5, 0.6) is 5.75 Å². The summed E-state index contributed by atoms with van der Waals surface area (Å²) >= 11 is 6.57. The van der Waals surface area contributed by atoms with Gasteiger partial charge in [0.15, 0.2) is 5.82 Å². The molecule has 0 bridgehead atoms. The Labute approximate surface area is 238 Å². The molecule has 1 N–H and O–H groups in total. The highest BCUT2D eigenvalue weighted by Crippen LogP contribution is 2.43. The minimum absolute atomic E-state index is 0. The summed E-state index contributed by atoms with van der Waals surface area (Å²) in [4.78, 5) is 29.7. The van der Waals surface area contributed by atoms with Gasteiger partial charge in [-0.3, -0.25) is 4.79 Å². The second-order valence-electron chi connectivity index (χ2n) is 10.5. The molecule has 2 saturated heterocycles. The normalized spacial score (nSPS) is 19.6. The van der Waals surface area contributed by atoms with Crippen molar-refractivity contribution in [3.8, 4) is 16.9 Å². The van der Waals surface area contributed by atoms with Gasteiger partial charge in [0.1, 0.15) is 22.9 Å². The third-order valence-corrected chi connectivity index (χ3v) is 7.98. The van der Waals surface area contributed by atoms with Gasteiger partial charge in [-0.2, -0.15) is 4.98 Å². The summed E-state index contributed by atoms with van der Waals surface area (Å²) in [7, 11) is 3.99. The minimum Gasteiger partial charge on any atom is -0.507 e. The van der Waals surface area contributed by atoms with E-state index >= 15 is 4.39 Å². The smallest absolute Gasteiger partial charge is 0.246 e. The maximum atomic E-state index is 16.3. The summed E-state index contributed by atoms with van der Waals surface area (Å²) in [6.07, 6.45) is 1.30. The zero-order valence-corrected chi connectivity index (χ0v) is 23.1. The van der Waals surface area contributed by atoms with E-state index in [0.717, 1.165) is 6.07 Å². The van der Waals surface area contributed by atoms with Crippen molar-refractivity contribution in [2.24, 2.45) is 0 Å². The molecule has 8 nitrogen and oxygen atoms in total. The number of anilines is 2. The number of hydrogen-bond acceptors (Lipinski definition) is 7. The van der Waals surface area contributed by atoms with E-state index in [1.54, 1.807) is 4.90 Å². The van der Waals surface area contributed by atoms with Crippen LogP contribution in [0.25, 0.3) is 22.0 Å². The Balaban J connectivity index is 0.00000370. The predicted octanol–water partition coefficient (Wildman–Crippen LogP) is 4.93. The molecule has 5 rings (SSSR count). The van der Waals surface area contributed by atoms with E-state index in [1.165, 1.54) is 24.3 Å². The molecule has 0 saturated carbocycles. The van der Waals surface area contributed by atoms with Gasteiger partial charge in [-0.25, -0.2) is 13.8 Å². The fourth-order valence-corrected chi connectivity index (χ4v) is 5.60. The third-order valence-electron chi connectivity index (χ3n) is 7.68. The molecule has 1 amide bonds. The maximum Gasteiger partial charge on any atom is 0.246 e. The molecule has 2 fully saturated rings. The Morgan fingerprint density at radius 1 is 1.12 bits per heavy atom. The zero-order chi connectivity index (χ0) is 28.2. The first kappa shape index (κ1) is 29.5. The summed E-state index contributed by atoms with van der Waals surface area (Å²) in [5, 5.41) is 10.7. The monoisotopic (exact) mass is 572 g/mol. The van der Waals surface area contributed by atoms with Crippen molar-refractivity contribution in [1.82, 2.24) is 19.8 Å². The van der Waals surface area contributed by atoms with Crippen molar-refractivity contribution in [1.29, 1.82) is 0 Å². The number of carbonyl (C=O) groups excluding carboxylic acids is 1. The second-order valence-corrected chi connectivity index (χ2v) is 10.9. The van der Waals surface area contributed by atoms with Gasteiger partial charge in [-0.05, 0) is 52.2 Å². The Hall–Kier alpha value is -3.50. The average molecular weight is 573 g/mol. The van der Waals surface area contributed by atoms with Crippen LogP contribution >= 0.6 is 11.6 Å². The predicted molar refractivity (Wildman–Crippen MR) is 156 cm³/mol. The van der Waals surface area contributed by atoms with Gasteiger partial charge in [0.25, 0.3) is 0 Å². The molecule has 0 aliphatic carbocycles. The van der Waals surface area contributed by atoms with E-state index in [4.69, 9.17) is 16.6 Å². The number of benzene rings is 2. The number of piperazine rings is 1. The highest BCUT2D eigenvalue weighted by Gasteiger charge is 2.36. The second kappa shape index (κ2) is 11.2. The lowest BCUT2D eigenvalue weighted by molar-refractivity contribution is -0.128. The van der Waals surface area contributed by atoms with Gasteiger partial charge in [0.2, 0.25) is 11.9 Å². The number of nitrogens with zero attached hydrogens (tertiary/aromatic N) is 6. The number of phenolic OH excluding ortho intramolecular Hbond substituents is 1. The molecule has 2 aromatic carbocycles. The number of hydrogen-bond donors (Lipinski definition) is 1. The molecule has 11 heteroatoms. The van der Waals surface area contributed by atoms with E-state index in [9.17, 15) is 14.3 Å². The van der Waals surface area contributed by atoms with Crippen LogP contribution in [0, 0.1) is 11.6 Å². The van der Waals surface area contributed by atoms with Gasteiger partial charge in [-0.15, -0.1) is 0 Å². The van der Waals surface area contributed by atoms with Crippen LogP contribution in [0.1, 0.15) is 21.3 Å². The van der Waals surface area contributed by atoms with Crippen LogP contribution in [-0.4, -0.2) is 89.2 Å².